The maximum absolute atomic E-state index is 10.3. The van der Waals surface area contributed by atoms with Crippen molar-refractivity contribution in [2.45, 2.75) is 71.8 Å². The highest BCUT2D eigenvalue weighted by Gasteiger charge is 2.46. The molecule has 0 spiro atoms. The number of aliphatic hydroxyl groups is 1. The van der Waals surface area contributed by atoms with Gasteiger partial charge in [-0.1, -0.05) is 0 Å². The molecule has 1 aromatic carbocycles. The van der Waals surface area contributed by atoms with Crippen LogP contribution in [-0.4, -0.2) is 79.8 Å². The van der Waals surface area contributed by atoms with Gasteiger partial charge in [0.1, 0.15) is 17.6 Å². The number of ether oxygens (including phenoxy) is 2. The summed E-state index contributed by atoms with van der Waals surface area (Å²) in [6.07, 6.45) is 4.61. The Balaban J connectivity index is 1.26. The van der Waals surface area contributed by atoms with Gasteiger partial charge in [0.25, 0.3) is 0 Å². The smallest absolute Gasteiger partial charge is 0.162 e. The molecule has 3 aliphatic heterocycles. The molecule has 3 aliphatic rings. The largest absolute Gasteiger partial charge is 0.493 e. The number of piperidine rings is 1. The maximum Gasteiger partial charge on any atom is 0.162 e. The molecule has 3 aromatic heterocycles. The molecule has 3 saturated heterocycles. The number of aryl methyl sites for hydroxylation is 3. The first kappa shape index (κ1) is 27.4. The van der Waals surface area contributed by atoms with Crippen molar-refractivity contribution in [2.75, 3.05) is 31.6 Å². The molecule has 0 radical (unpaired) electrons. The molecule has 6 heterocycles. The number of benzene rings is 1. The fourth-order valence-corrected chi connectivity index (χ4v) is 6.56. The number of methoxy groups -OCH3 is 1. The van der Waals surface area contributed by atoms with Gasteiger partial charge in [-0.25, -0.2) is 4.98 Å². The SMILES string of the molecule is COc1cc2[nH]nc(-c3cnc(N4CC5CC(C4)N5CC(C)(C)O)c(C)c3)c2cc1O[C@H](C)c1c(C)cnnc1C. The van der Waals surface area contributed by atoms with Crippen molar-refractivity contribution in [3.8, 4) is 22.8 Å². The summed E-state index contributed by atoms with van der Waals surface area (Å²) in [5.41, 5.74) is 5.95. The zero-order valence-electron chi connectivity index (χ0n) is 24.9. The van der Waals surface area contributed by atoms with E-state index in [9.17, 15) is 5.11 Å². The number of anilines is 1. The highest BCUT2D eigenvalue weighted by atomic mass is 16.5. The predicted octanol–water partition coefficient (Wildman–Crippen LogP) is 4.52. The Kier molecular flexibility index (Phi) is 6.86. The highest BCUT2D eigenvalue weighted by molar-refractivity contribution is 5.95. The van der Waals surface area contributed by atoms with Crippen LogP contribution < -0.4 is 14.4 Å². The third kappa shape index (κ3) is 5.10. The first-order chi connectivity index (χ1) is 19.5. The second-order valence-electron chi connectivity index (χ2n) is 12.2. The molecule has 2 unspecified atom stereocenters. The van der Waals surface area contributed by atoms with Gasteiger partial charge in [-0.05, 0) is 71.2 Å². The van der Waals surface area contributed by atoms with Crippen LogP contribution in [0.2, 0.25) is 0 Å². The number of pyridine rings is 1. The molecule has 2 N–H and O–H groups in total. The summed E-state index contributed by atoms with van der Waals surface area (Å²) >= 11 is 0. The number of nitrogens with one attached hydrogen (secondary N) is 1. The minimum absolute atomic E-state index is 0.245. The van der Waals surface area contributed by atoms with Crippen LogP contribution >= 0.6 is 0 Å². The van der Waals surface area contributed by atoms with Crippen molar-refractivity contribution in [3.63, 3.8) is 0 Å². The van der Waals surface area contributed by atoms with Gasteiger partial charge < -0.3 is 19.5 Å². The lowest BCUT2D eigenvalue weighted by atomic mass is 9.85. The molecule has 0 saturated carbocycles. The summed E-state index contributed by atoms with van der Waals surface area (Å²) in [5.74, 6) is 2.28. The highest BCUT2D eigenvalue weighted by Crippen LogP contribution is 2.40. The normalized spacial score (nSPS) is 19.8. The van der Waals surface area contributed by atoms with E-state index in [-0.39, 0.29) is 6.10 Å². The third-order valence-electron chi connectivity index (χ3n) is 8.37. The quantitative estimate of drug-likeness (QED) is 0.323. The fraction of sp³-hybridized carbons (Fsp3) is 0.484. The Bertz CT molecular complexity index is 1560. The zero-order valence-corrected chi connectivity index (χ0v) is 24.9. The van der Waals surface area contributed by atoms with Gasteiger partial charge in [0.15, 0.2) is 11.5 Å². The molecular formula is C31H39N7O3. The van der Waals surface area contributed by atoms with E-state index in [1.807, 2.05) is 52.9 Å². The van der Waals surface area contributed by atoms with E-state index >= 15 is 0 Å². The van der Waals surface area contributed by atoms with Crippen LogP contribution in [0.1, 0.15) is 55.7 Å². The molecule has 216 valence electrons. The van der Waals surface area contributed by atoms with E-state index in [1.165, 1.54) is 6.42 Å². The van der Waals surface area contributed by atoms with Crippen molar-refractivity contribution in [2.24, 2.45) is 0 Å². The van der Waals surface area contributed by atoms with Crippen LogP contribution in [0, 0.1) is 20.8 Å². The van der Waals surface area contributed by atoms with E-state index in [1.54, 1.807) is 13.3 Å². The Hall–Kier alpha value is -3.76. The number of rotatable bonds is 8. The van der Waals surface area contributed by atoms with Gasteiger partial charge in [-0.3, -0.25) is 10.00 Å². The van der Waals surface area contributed by atoms with E-state index in [0.29, 0.717) is 30.1 Å². The van der Waals surface area contributed by atoms with Crippen LogP contribution in [0.5, 0.6) is 11.5 Å². The number of hydrogen-bond donors (Lipinski definition) is 2. The number of nitrogens with zero attached hydrogens (tertiary/aromatic N) is 6. The molecule has 7 rings (SSSR count). The van der Waals surface area contributed by atoms with E-state index < -0.39 is 5.60 Å². The molecule has 10 heteroatoms. The molecule has 3 atom stereocenters. The van der Waals surface area contributed by atoms with Crippen molar-refractivity contribution in [3.05, 3.63) is 53.0 Å². The average Bonchev–Trinajstić information content (AvgIpc) is 3.33. The summed E-state index contributed by atoms with van der Waals surface area (Å²) in [4.78, 5) is 9.75. The van der Waals surface area contributed by atoms with Gasteiger partial charge in [0.05, 0.1) is 30.1 Å². The number of H-pyrrole nitrogens is 1. The first-order valence-electron chi connectivity index (χ1n) is 14.2. The Morgan fingerprint density at radius 3 is 2.49 bits per heavy atom. The zero-order chi connectivity index (χ0) is 29.1. The maximum atomic E-state index is 10.3. The monoisotopic (exact) mass is 557 g/mol. The van der Waals surface area contributed by atoms with Crippen LogP contribution in [0.15, 0.2) is 30.6 Å². The molecule has 2 bridgehead atoms. The third-order valence-corrected chi connectivity index (χ3v) is 8.37. The lowest BCUT2D eigenvalue weighted by Gasteiger charge is -2.58. The Morgan fingerprint density at radius 2 is 1.83 bits per heavy atom. The lowest BCUT2D eigenvalue weighted by Crippen LogP contribution is -2.70. The van der Waals surface area contributed by atoms with Crippen LogP contribution in [0.25, 0.3) is 22.2 Å². The van der Waals surface area contributed by atoms with Gasteiger partial charge >= 0.3 is 0 Å². The topological polar surface area (TPSA) is 113 Å². The number of aromatic amines is 1. The Labute approximate surface area is 240 Å². The minimum atomic E-state index is -0.678. The summed E-state index contributed by atoms with van der Waals surface area (Å²) in [6.45, 7) is 14.4. The molecule has 0 aliphatic carbocycles. The second kappa shape index (κ2) is 10.3. The minimum Gasteiger partial charge on any atom is -0.493 e. The molecular weight excluding hydrogens is 518 g/mol. The first-order valence-corrected chi connectivity index (χ1v) is 14.2. The summed E-state index contributed by atoms with van der Waals surface area (Å²) in [6, 6.07) is 6.99. The number of aromatic nitrogens is 5. The fourth-order valence-electron chi connectivity index (χ4n) is 6.56. The second-order valence-corrected chi connectivity index (χ2v) is 12.2. The van der Waals surface area contributed by atoms with Gasteiger partial charge in [0.2, 0.25) is 0 Å². The van der Waals surface area contributed by atoms with Crippen molar-refractivity contribution >= 4 is 16.7 Å². The van der Waals surface area contributed by atoms with Crippen LogP contribution in [-0.2, 0) is 0 Å². The van der Waals surface area contributed by atoms with Crippen molar-refractivity contribution in [1.82, 2.24) is 30.3 Å². The Morgan fingerprint density at radius 1 is 1.07 bits per heavy atom. The molecule has 4 aromatic rings. The summed E-state index contributed by atoms with van der Waals surface area (Å²) in [5, 5.41) is 27.3. The summed E-state index contributed by atoms with van der Waals surface area (Å²) in [7, 11) is 1.64. The van der Waals surface area contributed by atoms with Crippen molar-refractivity contribution in [1.29, 1.82) is 0 Å². The molecule has 0 amide bonds. The van der Waals surface area contributed by atoms with Gasteiger partial charge in [0, 0.05) is 60.5 Å². The molecule has 41 heavy (non-hydrogen) atoms. The predicted molar refractivity (Wildman–Crippen MR) is 159 cm³/mol. The van der Waals surface area contributed by atoms with E-state index in [4.69, 9.17) is 14.5 Å². The number of fused-ring (bicyclic) bond motifs is 3. The molecule has 10 nitrogen and oxygen atoms in total. The van der Waals surface area contributed by atoms with Crippen LogP contribution in [0.4, 0.5) is 5.82 Å². The number of hydrogen-bond acceptors (Lipinski definition) is 9. The average molecular weight is 558 g/mol. The van der Waals surface area contributed by atoms with E-state index in [0.717, 1.165) is 63.5 Å². The summed E-state index contributed by atoms with van der Waals surface area (Å²) < 4.78 is 12.1. The van der Waals surface area contributed by atoms with Crippen molar-refractivity contribution < 1.29 is 14.6 Å². The standard InChI is InChI=1S/C31H39N7O3/c1-17-8-21(13-32-30(17)37-14-22-9-23(15-37)38(22)16-31(5,6)39)29-24-10-27(26(40-7)11-25(24)35-36-29)41-20(4)28-18(2)12-33-34-19(28)3/h8,10-13,20,22-23,39H,9,14-16H2,1-7H3,(H,35,36)/t20-,22?,23?/m1/s1. The molecule has 3 fully saturated rings. The lowest BCUT2D eigenvalue weighted by molar-refractivity contribution is -0.0618. The number of piperazine rings is 1. The van der Waals surface area contributed by atoms with E-state index in [2.05, 4.69) is 43.2 Å². The van der Waals surface area contributed by atoms with Gasteiger partial charge in [-0.2, -0.15) is 15.3 Å². The van der Waals surface area contributed by atoms with Crippen LogP contribution in [0.3, 0.4) is 0 Å². The van der Waals surface area contributed by atoms with Gasteiger partial charge in [-0.15, -0.1) is 0 Å².